The molecule has 1 aliphatic rings. The number of H-pyrrole nitrogens is 2. The lowest BCUT2D eigenvalue weighted by molar-refractivity contribution is -0.139. The third-order valence-corrected chi connectivity index (χ3v) is 4.06. The molecule has 1 amide bonds. The second kappa shape index (κ2) is 6.56. The van der Waals surface area contributed by atoms with Crippen molar-refractivity contribution in [1.29, 1.82) is 0 Å². The number of piperidine rings is 1. The van der Waals surface area contributed by atoms with E-state index in [4.69, 9.17) is 0 Å². The van der Waals surface area contributed by atoms with Gasteiger partial charge in [-0.3, -0.25) is 9.78 Å². The van der Waals surface area contributed by atoms with Crippen LogP contribution in [0, 0.1) is 0 Å². The van der Waals surface area contributed by atoms with E-state index in [0.717, 1.165) is 38.6 Å². The quantitative estimate of drug-likeness (QED) is 0.780. The first-order chi connectivity index (χ1) is 10.1. The Morgan fingerprint density at radius 3 is 2.62 bits per heavy atom. The summed E-state index contributed by atoms with van der Waals surface area (Å²) < 4.78 is 0. The first-order valence-electron chi connectivity index (χ1n) is 7.27. The number of nitrogens with one attached hydrogen (secondary N) is 2. The van der Waals surface area contributed by atoms with Gasteiger partial charge >= 0.3 is 5.69 Å². The van der Waals surface area contributed by atoms with Crippen LogP contribution in [0.4, 0.5) is 0 Å². The van der Waals surface area contributed by atoms with E-state index in [1.165, 1.54) is 0 Å². The summed E-state index contributed by atoms with van der Waals surface area (Å²) in [6.07, 6.45) is 8.40. The summed E-state index contributed by atoms with van der Waals surface area (Å²) in [5, 5.41) is 6.09. The molecular weight excluding hydrogens is 268 g/mol. The van der Waals surface area contributed by atoms with E-state index in [9.17, 15) is 9.59 Å². The molecule has 1 fully saturated rings. The van der Waals surface area contributed by atoms with Gasteiger partial charge in [0.15, 0.2) is 0 Å². The van der Waals surface area contributed by atoms with Crippen molar-refractivity contribution in [2.45, 2.75) is 44.1 Å². The maximum absolute atomic E-state index is 12.6. The molecule has 6 nitrogen and oxygen atoms in total. The number of carbonyl (C=O) groups excluding carboxylic acids is 1. The van der Waals surface area contributed by atoms with Crippen molar-refractivity contribution in [2.24, 2.45) is 0 Å². The number of likely N-dealkylation sites (tertiary alicyclic amines) is 1. The van der Waals surface area contributed by atoms with Crippen LogP contribution in [-0.2, 0) is 11.2 Å². The van der Waals surface area contributed by atoms with E-state index in [-0.39, 0.29) is 23.6 Å². The molecule has 0 atom stereocenters. The molecule has 0 bridgehead atoms. The van der Waals surface area contributed by atoms with Crippen LogP contribution >= 0.6 is 0 Å². The highest BCUT2D eigenvalue weighted by atomic mass is 16.2. The fraction of sp³-hybridized carbons (Fsp3) is 0.533. The molecule has 1 aliphatic heterocycles. The summed E-state index contributed by atoms with van der Waals surface area (Å²) in [5.74, 6) is 0.364. The van der Waals surface area contributed by atoms with Gasteiger partial charge in [-0.25, -0.2) is 9.89 Å². The number of aromatic amines is 2. The van der Waals surface area contributed by atoms with Crippen molar-refractivity contribution in [3.05, 3.63) is 41.6 Å². The topological polar surface area (TPSA) is 81.8 Å². The Hall–Kier alpha value is -2.11. The molecule has 114 valence electrons. The van der Waals surface area contributed by atoms with Gasteiger partial charge in [0.2, 0.25) is 5.91 Å². The molecule has 2 N–H and O–H groups in total. The monoisotopic (exact) mass is 290 g/mol. The lowest BCUT2D eigenvalue weighted by Gasteiger charge is -2.47. The van der Waals surface area contributed by atoms with E-state index in [1.807, 2.05) is 17.1 Å². The summed E-state index contributed by atoms with van der Waals surface area (Å²) in [5.41, 5.74) is -0.616. The number of nitrogens with zero attached hydrogens (tertiary/aromatic N) is 2. The van der Waals surface area contributed by atoms with Gasteiger partial charge in [-0.15, -0.1) is 13.2 Å². The molecule has 1 saturated heterocycles. The van der Waals surface area contributed by atoms with Crippen molar-refractivity contribution in [3.63, 3.8) is 0 Å². The third kappa shape index (κ3) is 3.32. The van der Waals surface area contributed by atoms with Crippen LogP contribution in [-0.4, -0.2) is 38.1 Å². The van der Waals surface area contributed by atoms with Crippen molar-refractivity contribution in [2.75, 3.05) is 6.54 Å². The van der Waals surface area contributed by atoms with Gasteiger partial charge in [0.1, 0.15) is 5.82 Å². The second-order valence-corrected chi connectivity index (χ2v) is 5.51. The fourth-order valence-electron chi connectivity index (χ4n) is 3.16. The Morgan fingerprint density at radius 1 is 1.33 bits per heavy atom. The van der Waals surface area contributed by atoms with Crippen LogP contribution in [0.5, 0.6) is 0 Å². The molecule has 2 heterocycles. The zero-order valence-corrected chi connectivity index (χ0v) is 12.2. The molecular formula is C15H22N4O2. The highest BCUT2D eigenvalue weighted by Crippen LogP contribution is 2.35. The minimum Gasteiger partial charge on any atom is -0.336 e. The first kappa shape index (κ1) is 15.3. The van der Waals surface area contributed by atoms with Crippen LogP contribution < -0.4 is 5.69 Å². The van der Waals surface area contributed by atoms with E-state index in [2.05, 4.69) is 28.3 Å². The Labute approximate surface area is 123 Å². The van der Waals surface area contributed by atoms with Crippen molar-refractivity contribution in [1.82, 2.24) is 20.1 Å². The Balaban J connectivity index is 2.19. The van der Waals surface area contributed by atoms with Gasteiger partial charge in [0, 0.05) is 12.1 Å². The molecule has 0 saturated carbocycles. The minimum atomic E-state index is -0.389. The van der Waals surface area contributed by atoms with Gasteiger partial charge in [-0.1, -0.05) is 12.2 Å². The summed E-state index contributed by atoms with van der Waals surface area (Å²) in [6.45, 7) is 8.38. The predicted octanol–water partition coefficient (Wildman–Crippen LogP) is 1.54. The largest absolute Gasteiger partial charge is 0.340 e. The molecule has 0 radical (unpaired) electrons. The van der Waals surface area contributed by atoms with Crippen molar-refractivity contribution >= 4 is 5.91 Å². The molecule has 21 heavy (non-hydrogen) atoms. The number of carbonyl (C=O) groups is 1. The standard InChI is InChI=1S/C15H22N4O2/c1-3-7-15(8-4-2)9-5-6-10-19(15)13(20)11-12-16-14(21)18-17-12/h3-4H,1-2,5-11H2,(H2,16,17,18,21). The normalized spacial score (nSPS) is 17.4. The van der Waals surface area contributed by atoms with Gasteiger partial charge in [0.25, 0.3) is 0 Å². The fourth-order valence-corrected chi connectivity index (χ4v) is 3.16. The molecule has 0 unspecified atom stereocenters. The van der Waals surface area contributed by atoms with E-state index in [0.29, 0.717) is 5.82 Å². The highest BCUT2D eigenvalue weighted by Gasteiger charge is 2.39. The van der Waals surface area contributed by atoms with E-state index < -0.39 is 0 Å². The molecule has 0 aromatic carbocycles. The summed E-state index contributed by atoms with van der Waals surface area (Å²) in [7, 11) is 0. The highest BCUT2D eigenvalue weighted by molar-refractivity contribution is 5.79. The summed E-state index contributed by atoms with van der Waals surface area (Å²) >= 11 is 0. The maximum Gasteiger partial charge on any atom is 0.340 e. The SMILES string of the molecule is C=CCC1(CC=C)CCCCN1C(=O)Cc1n[nH]c(=O)[nH]1. The van der Waals surface area contributed by atoms with Crippen LogP contribution in [0.1, 0.15) is 37.9 Å². The average molecular weight is 290 g/mol. The lowest BCUT2D eigenvalue weighted by Crippen LogP contribution is -2.54. The number of aromatic nitrogens is 3. The molecule has 1 aromatic rings. The molecule has 0 spiro atoms. The molecule has 6 heteroatoms. The predicted molar refractivity (Wildman–Crippen MR) is 80.8 cm³/mol. The lowest BCUT2D eigenvalue weighted by atomic mass is 9.80. The molecule has 2 rings (SSSR count). The van der Waals surface area contributed by atoms with Gasteiger partial charge < -0.3 is 4.90 Å². The first-order valence-corrected chi connectivity index (χ1v) is 7.27. The van der Waals surface area contributed by atoms with Crippen LogP contribution in [0.2, 0.25) is 0 Å². The summed E-state index contributed by atoms with van der Waals surface area (Å²) in [6, 6.07) is 0. The Morgan fingerprint density at radius 2 is 2.05 bits per heavy atom. The molecule has 1 aromatic heterocycles. The third-order valence-electron chi connectivity index (χ3n) is 4.06. The van der Waals surface area contributed by atoms with Crippen LogP contribution in [0.3, 0.4) is 0 Å². The number of hydrogen-bond donors (Lipinski definition) is 2. The maximum atomic E-state index is 12.6. The van der Waals surface area contributed by atoms with Gasteiger partial charge in [-0.05, 0) is 32.1 Å². The molecule has 0 aliphatic carbocycles. The van der Waals surface area contributed by atoms with E-state index >= 15 is 0 Å². The number of hydrogen-bond acceptors (Lipinski definition) is 3. The van der Waals surface area contributed by atoms with Crippen molar-refractivity contribution in [3.8, 4) is 0 Å². The number of rotatable bonds is 6. The van der Waals surface area contributed by atoms with Gasteiger partial charge in [-0.2, -0.15) is 5.10 Å². The zero-order chi connectivity index (χ0) is 15.3. The smallest absolute Gasteiger partial charge is 0.336 e. The zero-order valence-electron chi connectivity index (χ0n) is 12.2. The van der Waals surface area contributed by atoms with Crippen LogP contribution in [0.15, 0.2) is 30.1 Å². The van der Waals surface area contributed by atoms with Gasteiger partial charge in [0.05, 0.1) is 6.42 Å². The average Bonchev–Trinajstić information content (AvgIpc) is 2.85. The number of amides is 1. The Kier molecular flexibility index (Phi) is 4.77. The summed E-state index contributed by atoms with van der Waals surface area (Å²) in [4.78, 5) is 28.1. The Bertz CT molecular complexity index is 562. The van der Waals surface area contributed by atoms with Crippen molar-refractivity contribution < 1.29 is 4.79 Å². The van der Waals surface area contributed by atoms with E-state index in [1.54, 1.807) is 0 Å². The van der Waals surface area contributed by atoms with Crippen LogP contribution in [0.25, 0.3) is 0 Å². The minimum absolute atomic E-state index is 0.0128. The second-order valence-electron chi connectivity index (χ2n) is 5.51.